The zero-order valence-corrected chi connectivity index (χ0v) is 16.4. The number of aromatic nitrogens is 3. The third kappa shape index (κ3) is 3.61. The lowest BCUT2D eigenvalue weighted by molar-refractivity contribution is 0.0627. The minimum absolute atomic E-state index is 0.0284. The van der Waals surface area contributed by atoms with Gasteiger partial charge < -0.3 is 9.88 Å². The third-order valence-corrected chi connectivity index (χ3v) is 5.49. The number of fused-ring (bicyclic) bond motifs is 1. The molecular weight excluding hydrogens is 374 g/mol. The Morgan fingerprint density at radius 1 is 1.18 bits per heavy atom. The molecule has 0 saturated carbocycles. The molecule has 1 N–H and O–H groups in total. The van der Waals surface area contributed by atoms with Crippen LogP contribution < -0.4 is 5.56 Å². The summed E-state index contributed by atoms with van der Waals surface area (Å²) in [6.07, 6.45) is 1.80. The molecule has 1 amide bonds. The lowest BCUT2D eigenvalue weighted by Crippen LogP contribution is -2.48. The number of aromatic amines is 1. The van der Waals surface area contributed by atoms with Crippen molar-refractivity contribution in [3.05, 3.63) is 69.0 Å². The fourth-order valence-electron chi connectivity index (χ4n) is 3.45. The highest BCUT2D eigenvalue weighted by Crippen LogP contribution is 2.15. The van der Waals surface area contributed by atoms with E-state index in [9.17, 15) is 9.59 Å². The number of nitrogens with zero attached hydrogens (tertiary/aromatic N) is 4. The molecule has 3 heterocycles. The number of amides is 1. The van der Waals surface area contributed by atoms with Crippen LogP contribution in [0.4, 0.5) is 0 Å². The van der Waals surface area contributed by atoms with Gasteiger partial charge in [-0.05, 0) is 42.5 Å². The molecule has 1 saturated heterocycles. The molecule has 3 aromatic rings. The zero-order chi connectivity index (χ0) is 19.7. The van der Waals surface area contributed by atoms with Gasteiger partial charge in [0.1, 0.15) is 0 Å². The van der Waals surface area contributed by atoms with Gasteiger partial charge in [-0.15, -0.1) is 0 Å². The smallest absolute Gasteiger partial charge is 0.261 e. The molecule has 1 fully saturated rings. The Hall–Kier alpha value is -2.84. The van der Waals surface area contributed by atoms with Crippen LogP contribution in [0.1, 0.15) is 16.1 Å². The minimum atomic E-state index is -0.166. The Kier molecular flexibility index (Phi) is 5.06. The Balaban J connectivity index is 1.47. The maximum Gasteiger partial charge on any atom is 0.261 e. The number of carbonyl (C=O) groups excluding carboxylic acids is 1. The number of carbonyl (C=O) groups is 1. The molecule has 28 heavy (non-hydrogen) atoms. The monoisotopic (exact) mass is 395 g/mol. The van der Waals surface area contributed by atoms with E-state index in [-0.39, 0.29) is 11.5 Å². The molecule has 0 aliphatic carbocycles. The van der Waals surface area contributed by atoms with Crippen LogP contribution in [0.5, 0.6) is 0 Å². The first-order chi connectivity index (χ1) is 13.5. The van der Waals surface area contributed by atoms with Crippen molar-refractivity contribution in [3.63, 3.8) is 0 Å². The van der Waals surface area contributed by atoms with Crippen molar-refractivity contribution in [3.8, 4) is 0 Å². The summed E-state index contributed by atoms with van der Waals surface area (Å²) in [6, 6.07) is 11.0. The van der Waals surface area contributed by atoms with Crippen LogP contribution in [0, 0.1) is 4.77 Å². The molecule has 0 unspecified atom stereocenters. The number of benzene rings is 1. The predicted molar refractivity (Wildman–Crippen MR) is 110 cm³/mol. The summed E-state index contributed by atoms with van der Waals surface area (Å²) in [7, 11) is 1.63. The Morgan fingerprint density at radius 2 is 1.96 bits per heavy atom. The molecule has 8 heteroatoms. The number of H-pyrrole nitrogens is 1. The van der Waals surface area contributed by atoms with E-state index in [0.29, 0.717) is 34.3 Å². The van der Waals surface area contributed by atoms with Crippen molar-refractivity contribution in [1.29, 1.82) is 0 Å². The molecular formula is C20H21N5O2S. The molecule has 0 atom stereocenters. The standard InChI is InChI=1S/C20H21N5O2S/c1-23-19(27)16-6-5-14(12-17(16)22-20(23)28)18(26)25-10-8-24(9-11-25)13-15-4-2-3-7-21-15/h2-7,12H,8-11,13H2,1H3,(H,22,28). The summed E-state index contributed by atoms with van der Waals surface area (Å²) in [5.41, 5.74) is 2.02. The highest BCUT2D eigenvalue weighted by molar-refractivity contribution is 7.71. The molecule has 1 aromatic carbocycles. The van der Waals surface area contributed by atoms with Crippen LogP contribution in [0.25, 0.3) is 10.9 Å². The zero-order valence-electron chi connectivity index (χ0n) is 15.6. The second-order valence-corrected chi connectivity index (χ2v) is 7.33. The van der Waals surface area contributed by atoms with Crippen LogP contribution in [-0.4, -0.2) is 56.4 Å². The van der Waals surface area contributed by atoms with E-state index in [4.69, 9.17) is 12.2 Å². The Morgan fingerprint density at radius 3 is 2.68 bits per heavy atom. The van der Waals surface area contributed by atoms with E-state index >= 15 is 0 Å². The second kappa shape index (κ2) is 7.65. The second-order valence-electron chi connectivity index (χ2n) is 6.94. The lowest BCUT2D eigenvalue weighted by Gasteiger charge is -2.34. The summed E-state index contributed by atoms with van der Waals surface area (Å²) in [5.74, 6) is -0.0284. The number of hydrogen-bond donors (Lipinski definition) is 1. The van der Waals surface area contributed by atoms with Gasteiger partial charge in [0.25, 0.3) is 11.5 Å². The Labute approximate surface area is 167 Å². The highest BCUT2D eigenvalue weighted by Gasteiger charge is 2.22. The first kappa shape index (κ1) is 18.5. The maximum atomic E-state index is 12.9. The quantitative estimate of drug-likeness (QED) is 0.686. The average Bonchev–Trinajstić information content (AvgIpc) is 2.72. The fourth-order valence-corrected chi connectivity index (χ4v) is 3.64. The summed E-state index contributed by atoms with van der Waals surface area (Å²) in [4.78, 5) is 36.7. The SMILES string of the molecule is Cn1c(=S)[nH]c2cc(C(=O)N3CCN(Cc4ccccn4)CC3)ccc2c1=O. The van der Waals surface area contributed by atoms with Crippen molar-refractivity contribution in [2.75, 3.05) is 26.2 Å². The van der Waals surface area contributed by atoms with Crippen molar-refractivity contribution in [2.45, 2.75) is 6.54 Å². The Bertz CT molecular complexity index is 1130. The number of piperazine rings is 1. The number of nitrogens with one attached hydrogen (secondary N) is 1. The van der Waals surface area contributed by atoms with E-state index < -0.39 is 0 Å². The van der Waals surface area contributed by atoms with Gasteiger partial charge in [0.05, 0.1) is 16.6 Å². The molecule has 1 aliphatic rings. The maximum absolute atomic E-state index is 12.9. The first-order valence-corrected chi connectivity index (χ1v) is 9.58. The van der Waals surface area contributed by atoms with Gasteiger partial charge in [-0.2, -0.15) is 0 Å². The van der Waals surface area contributed by atoms with Gasteiger partial charge in [-0.3, -0.25) is 24.0 Å². The molecule has 2 aromatic heterocycles. The van der Waals surface area contributed by atoms with E-state index in [2.05, 4.69) is 14.9 Å². The van der Waals surface area contributed by atoms with E-state index in [0.717, 1.165) is 25.3 Å². The van der Waals surface area contributed by atoms with Gasteiger partial charge in [0.2, 0.25) is 0 Å². The van der Waals surface area contributed by atoms with E-state index in [1.807, 2.05) is 23.1 Å². The number of pyridine rings is 1. The average molecular weight is 395 g/mol. The van der Waals surface area contributed by atoms with Gasteiger partial charge in [0.15, 0.2) is 4.77 Å². The summed E-state index contributed by atoms with van der Waals surface area (Å²) >= 11 is 5.17. The van der Waals surface area contributed by atoms with Crippen molar-refractivity contribution >= 4 is 29.0 Å². The van der Waals surface area contributed by atoms with Gasteiger partial charge in [0, 0.05) is 51.5 Å². The highest BCUT2D eigenvalue weighted by atomic mass is 32.1. The van der Waals surface area contributed by atoms with Gasteiger partial charge >= 0.3 is 0 Å². The normalized spacial score (nSPS) is 15.1. The van der Waals surface area contributed by atoms with E-state index in [1.54, 1.807) is 31.4 Å². The van der Waals surface area contributed by atoms with Crippen molar-refractivity contribution in [2.24, 2.45) is 7.05 Å². The van der Waals surface area contributed by atoms with Crippen LogP contribution in [0.15, 0.2) is 47.4 Å². The fraction of sp³-hybridized carbons (Fsp3) is 0.300. The van der Waals surface area contributed by atoms with Gasteiger partial charge in [-0.25, -0.2) is 0 Å². The van der Waals surface area contributed by atoms with Crippen LogP contribution in [-0.2, 0) is 13.6 Å². The third-order valence-electron chi connectivity index (χ3n) is 5.12. The van der Waals surface area contributed by atoms with Crippen LogP contribution >= 0.6 is 12.2 Å². The molecule has 1 aliphatic heterocycles. The van der Waals surface area contributed by atoms with Crippen molar-refractivity contribution in [1.82, 2.24) is 24.3 Å². The van der Waals surface area contributed by atoms with Crippen molar-refractivity contribution < 1.29 is 4.79 Å². The molecule has 0 spiro atoms. The molecule has 144 valence electrons. The summed E-state index contributed by atoms with van der Waals surface area (Å²) in [6.45, 7) is 3.73. The first-order valence-electron chi connectivity index (χ1n) is 9.17. The van der Waals surface area contributed by atoms with Crippen LogP contribution in [0.3, 0.4) is 0 Å². The predicted octanol–water partition coefficient (Wildman–Crippen LogP) is 1.95. The number of hydrogen-bond acceptors (Lipinski definition) is 5. The van der Waals surface area contributed by atoms with Gasteiger partial charge in [-0.1, -0.05) is 6.07 Å². The van der Waals surface area contributed by atoms with Crippen LogP contribution in [0.2, 0.25) is 0 Å². The summed E-state index contributed by atoms with van der Waals surface area (Å²) < 4.78 is 1.73. The summed E-state index contributed by atoms with van der Waals surface area (Å²) in [5, 5.41) is 0.521. The molecule has 0 radical (unpaired) electrons. The number of rotatable bonds is 3. The lowest BCUT2D eigenvalue weighted by atomic mass is 10.1. The topological polar surface area (TPSA) is 74.2 Å². The largest absolute Gasteiger partial charge is 0.336 e. The van der Waals surface area contributed by atoms with E-state index in [1.165, 1.54) is 4.57 Å². The molecule has 0 bridgehead atoms. The minimum Gasteiger partial charge on any atom is -0.336 e. The molecule has 4 rings (SSSR count). The molecule has 7 nitrogen and oxygen atoms in total.